The number of hydrogen-bond acceptors (Lipinski definition) is 4. The zero-order valence-corrected chi connectivity index (χ0v) is 17.6. The van der Waals surface area contributed by atoms with Crippen LogP contribution in [0.4, 0.5) is 0 Å². The Morgan fingerprint density at radius 3 is 2.28 bits per heavy atom. The van der Waals surface area contributed by atoms with Gasteiger partial charge < -0.3 is 19.9 Å². The normalized spacial score (nSPS) is 11.4. The van der Waals surface area contributed by atoms with Gasteiger partial charge >= 0.3 is 0 Å². The van der Waals surface area contributed by atoms with Gasteiger partial charge in [-0.15, -0.1) is 12.4 Å². The molecule has 0 aliphatic carbocycles. The number of aliphatic hydroxyl groups is 1. The Balaban J connectivity index is 0.00000300. The van der Waals surface area contributed by atoms with Gasteiger partial charge in [-0.2, -0.15) is 0 Å². The van der Waals surface area contributed by atoms with Crippen LogP contribution in [0.15, 0.2) is 72.8 Å². The molecule has 0 saturated heterocycles. The SMILES string of the molecule is COc1cc(CNCC(O)c2ccccc2)ccc1OCc1ccc(C)cc1.Cl. The maximum atomic E-state index is 10.2. The molecule has 1 atom stereocenters. The number of aliphatic hydroxyl groups excluding tert-OH is 1. The highest BCUT2D eigenvalue weighted by atomic mass is 35.5. The van der Waals surface area contributed by atoms with Crippen molar-refractivity contribution >= 4 is 12.4 Å². The third-order valence-corrected chi connectivity index (χ3v) is 4.59. The summed E-state index contributed by atoms with van der Waals surface area (Å²) in [5.74, 6) is 1.42. The minimum absolute atomic E-state index is 0. The van der Waals surface area contributed by atoms with Crippen molar-refractivity contribution in [2.24, 2.45) is 0 Å². The Kier molecular flexibility index (Phi) is 9.00. The second kappa shape index (κ2) is 11.5. The highest BCUT2D eigenvalue weighted by Gasteiger charge is 2.09. The summed E-state index contributed by atoms with van der Waals surface area (Å²) in [5, 5.41) is 13.5. The molecule has 4 nitrogen and oxygen atoms in total. The van der Waals surface area contributed by atoms with E-state index in [1.54, 1.807) is 7.11 Å². The topological polar surface area (TPSA) is 50.7 Å². The van der Waals surface area contributed by atoms with E-state index >= 15 is 0 Å². The van der Waals surface area contributed by atoms with E-state index in [1.807, 2.05) is 48.5 Å². The van der Waals surface area contributed by atoms with Crippen LogP contribution >= 0.6 is 12.4 Å². The lowest BCUT2D eigenvalue weighted by Crippen LogP contribution is -2.21. The monoisotopic (exact) mass is 413 g/mol. The Morgan fingerprint density at radius 1 is 0.897 bits per heavy atom. The van der Waals surface area contributed by atoms with Gasteiger partial charge in [-0.3, -0.25) is 0 Å². The van der Waals surface area contributed by atoms with Crippen molar-refractivity contribution in [3.8, 4) is 11.5 Å². The first kappa shape index (κ1) is 22.8. The largest absolute Gasteiger partial charge is 0.493 e. The van der Waals surface area contributed by atoms with Crippen molar-refractivity contribution in [1.29, 1.82) is 0 Å². The van der Waals surface area contributed by atoms with Gasteiger partial charge in [0.05, 0.1) is 13.2 Å². The second-order valence-corrected chi connectivity index (χ2v) is 6.82. The average Bonchev–Trinajstić information content (AvgIpc) is 2.74. The molecule has 5 heteroatoms. The number of rotatable bonds is 9. The van der Waals surface area contributed by atoms with E-state index in [9.17, 15) is 5.11 Å². The fourth-order valence-corrected chi connectivity index (χ4v) is 2.93. The lowest BCUT2D eigenvalue weighted by molar-refractivity contribution is 0.174. The first-order valence-electron chi connectivity index (χ1n) is 9.44. The summed E-state index contributed by atoms with van der Waals surface area (Å²) in [6.07, 6.45) is -0.528. The molecule has 0 aliphatic heterocycles. The Hall–Kier alpha value is -2.53. The molecule has 0 bridgehead atoms. The Morgan fingerprint density at radius 2 is 1.59 bits per heavy atom. The number of hydrogen-bond donors (Lipinski definition) is 2. The summed E-state index contributed by atoms with van der Waals surface area (Å²) in [6, 6.07) is 23.8. The molecule has 0 radical (unpaired) electrons. The molecule has 3 rings (SSSR count). The minimum Gasteiger partial charge on any atom is -0.493 e. The minimum atomic E-state index is -0.528. The molecule has 3 aromatic carbocycles. The van der Waals surface area contributed by atoms with Gasteiger partial charge in [0.25, 0.3) is 0 Å². The van der Waals surface area contributed by atoms with Crippen LogP contribution in [-0.4, -0.2) is 18.8 Å². The second-order valence-electron chi connectivity index (χ2n) is 6.82. The van der Waals surface area contributed by atoms with Crippen LogP contribution in [0.1, 0.15) is 28.4 Å². The van der Waals surface area contributed by atoms with Crippen molar-refractivity contribution in [3.63, 3.8) is 0 Å². The maximum Gasteiger partial charge on any atom is 0.161 e. The summed E-state index contributed by atoms with van der Waals surface area (Å²) >= 11 is 0. The van der Waals surface area contributed by atoms with Gasteiger partial charge in [0.15, 0.2) is 11.5 Å². The smallest absolute Gasteiger partial charge is 0.161 e. The van der Waals surface area contributed by atoms with E-state index in [4.69, 9.17) is 9.47 Å². The van der Waals surface area contributed by atoms with Crippen molar-refractivity contribution in [2.45, 2.75) is 26.2 Å². The average molecular weight is 414 g/mol. The Labute approximate surface area is 178 Å². The van der Waals surface area contributed by atoms with Crippen molar-refractivity contribution in [3.05, 3.63) is 95.1 Å². The van der Waals surface area contributed by atoms with Crippen molar-refractivity contribution in [2.75, 3.05) is 13.7 Å². The Bertz CT molecular complexity index is 869. The first-order valence-corrected chi connectivity index (χ1v) is 9.44. The van der Waals surface area contributed by atoms with Crippen LogP contribution in [0.2, 0.25) is 0 Å². The molecule has 0 heterocycles. The van der Waals surface area contributed by atoms with E-state index in [1.165, 1.54) is 5.56 Å². The molecular formula is C24H28ClNO3. The van der Waals surface area contributed by atoms with Crippen LogP contribution < -0.4 is 14.8 Å². The number of halogens is 1. The predicted molar refractivity (Wildman–Crippen MR) is 119 cm³/mol. The lowest BCUT2D eigenvalue weighted by atomic mass is 10.1. The molecule has 2 N–H and O–H groups in total. The van der Waals surface area contributed by atoms with Gasteiger partial charge in [0.2, 0.25) is 0 Å². The van der Waals surface area contributed by atoms with Crippen molar-refractivity contribution < 1.29 is 14.6 Å². The fraction of sp³-hybridized carbons (Fsp3) is 0.250. The zero-order chi connectivity index (χ0) is 19.8. The lowest BCUT2D eigenvalue weighted by Gasteiger charge is -2.14. The third kappa shape index (κ3) is 6.79. The van der Waals surface area contributed by atoms with Crippen molar-refractivity contribution in [1.82, 2.24) is 5.32 Å². The first-order chi connectivity index (χ1) is 13.7. The molecule has 29 heavy (non-hydrogen) atoms. The van der Waals surface area contributed by atoms with Crippen LogP contribution in [0.3, 0.4) is 0 Å². The molecule has 0 fully saturated rings. The molecule has 0 spiro atoms. The molecule has 0 amide bonds. The van der Waals surface area contributed by atoms with Gasteiger partial charge in [-0.25, -0.2) is 0 Å². The van der Waals surface area contributed by atoms with E-state index in [-0.39, 0.29) is 12.4 Å². The van der Waals surface area contributed by atoms with Gasteiger partial charge in [0.1, 0.15) is 6.61 Å². The van der Waals surface area contributed by atoms with Crippen LogP contribution in [-0.2, 0) is 13.2 Å². The van der Waals surface area contributed by atoms with Crippen LogP contribution in [0, 0.1) is 6.92 Å². The van der Waals surface area contributed by atoms with Gasteiger partial charge in [0, 0.05) is 13.1 Å². The number of aryl methyl sites for hydroxylation is 1. The maximum absolute atomic E-state index is 10.2. The highest BCUT2D eigenvalue weighted by Crippen LogP contribution is 2.29. The summed E-state index contributed by atoms with van der Waals surface area (Å²) in [6.45, 7) is 3.69. The molecule has 154 valence electrons. The molecule has 3 aromatic rings. The van der Waals surface area contributed by atoms with E-state index in [0.717, 1.165) is 22.4 Å². The third-order valence-electron chi connectivity index (χ3n) is 4.59. The number of nitrogens with one attached hydrogen (secondary N) is 1. The molecule has 0 saturated carbocycles. The molecular weight excluding hydrogens is 386 g/mol. The number of methoxy groups -OCH3 is 1. The predicted octanol–water partition coefficient (Wildman–Crippen LogP) is 4.83. The van der Waals surface area contributed by atoms with E-state index in [0.29, 0.717) is 25.4 Å². The summed E-state index contributed by atoms with van der Waals surface area (Å²) in [5.41, 5.74) is 4.33. The summed E-state index contributed by atoms with van der Waals surface area (Å²) < 4.78 is 11.4. The van der Waals surface area contributed by atoms with Crippen LogP contribution in [0.25, 0.3) is 0 Å². The standard InChI is InChI=1S/C24H27NO3.ClH/c1-18-8-10-19(11-9-18)17-28-23-13-12-20(14-24(23)27-2)15-25-16-22(26)21-6-4-3-5-7-21;/h3-14,22,25-26H,15-17H2,1-2H3;1H. The number of ether oxygens (including phenoxy) is 2. The van der Waals surface area contributed by atoms with Gasteiger partial charge in [-0.1, -0.05) is 66.2 Å². The highest BCUT2D eigenvalue weighted by molar-refractivity contribution is 5.85. The quantitative estimate of drug-likeness (QED) is 0.527. The zero-order valence-electron chi connectivity index (χ0n) is 16.8. The summed E-state index contributed by atoms with van der Waals surface area (Å²) in [7, 11) is 1.64. The van der Waals surface area contributed by atoms with E-state index < -0.39 is 6.10 Å². The summed E-state index contributed by atoms with van der Waals surface area (Å²) in [4.78, 5) is 0. The fourth-order valence-electron chi connectivity index (χ4n) is 2.93. The van der Waals surface area contributed by atoms with Gasteiger partial charge in [-0.05, 0) is 35.7 Å². The molecule has 1 unspecified atom stereocenters. The van der Waals surface area contributed by atoms with Crippen LogP contribution in [0.5, 0.6) is 11.5 Å². The van der Waals surface area contributed by atoms with E-state index in [2.05, 4.69) is 36.5 Å². The molecule has 0 aliphatic rings. The number of benzene rings is 3. The molecule has 0 aromatic heterocycles.